The van der Waals surface area contributed by atoms with Gasteiger partial charge in [-0.15, -0.1) is 0 Å². The van der Waals surface area contributed by atoms with Gasteiger partial charge in [-0.2, -0.15) is 0 Å². The van der Waals surface area contributed by atoms with E-state index in [-0.39, 0.29) is 5.97 Å². The molecule has 1 saturated heterocycles. The maximum Gasteiger partial charge on any atom is 0.326 e. The molecule has 2 aliphatic rings. The molecule has 0 aromatic carbocycles. The van der Waals surface area contributed by atoms with Crippen molar-refractivity contribution in [2.24, 2.45) is 5.92 Å². The number of likely N-dealkylation sites (tertiary alicyclic amines) is 1. The molecule has 0 spiro atoms. The van der Waals surface area contributed by atoms with Crippen molar-refractivity contribution in [2.75, 3.05) is 20.7 Å². The Morgan fingerprint density at radius 1 is 1.42 bits per heavy atom. The van der Waals surface area contributed by atoms with Crippen molar-refractivity contribution in [3.8, 4) is 0 Å². The standard InChI is InChI=1S/C15H28N2O2/c1-11-8-12(2)17(10-11)13-6-5-7-15(9-13,16-3)14(18)19-4/h11-13,16H,5-10H2,1-4H3. The summed E-state index contributed by atoms with van der Waals surface area (Å²) < 4.78 is 5.02. The van der Waals surface area contributed by atoms with Gasteiger partial charge in [0.05, 0.1) is 7.11 Å². The van der Waals surface area contributed by atoms with Crippen molar-refractivity contribution in [2.45, 2.75) is 63.6 Å². The van der Waals surface area contributed by atoms with Crippen LogP contribution in [-0.4, -0.2) is 49.2 Å². The topological polar surface area (TPSA) is 41.6 Å². The predicted octanol–water partition coefficient (Wildman–Crippen LogP) is 1.79. The van der Waals surface area contributed by atoms with E-state index in [1.54, 1.807) is 0 Å². The second kappa shape index (κ2) is 5.80. The van der Waals surface area contributed by atoms with Crippen LogP contribution < -0.4 is 5.32 Å². The smallest absolute Gasteiger partial charge is 0.326 e. The molecule has 1 heterocycles. The molecule has 0 radical (unpaired) electrons. The van der Waals surface area contributed by atoms with Crippen molar-refractivity contribution in [1.82, 2.24) is 10.2 Å². The number of hydrogen-bond acceptors (Lipinski definition) is 4. The molecule has 2 fully saturated rings. The van der Waals surface area contributed by atoms with Crippen molar-refractivity contribution < 1.29 is 9.53 Å². The number of esters is 1. The summed E-state index contributed by atoms with van der Waals surface area (Å²) in [5.41, 5.74) is -0.469. The van der Waals surface area contributed by atoms with Gasteiger partial charge >= 0.3 is 5.97 Å². The number of rotatable bonds is 3. The van der Waals surface area contributed by atoms with Gasteiger partial charge in [0.15, 0.2) is 0 Å². The summed E-state index contributed by atoms with van der Waals surface area (Å²) in [5.74, 6) is 0.679. The SMILES string of the molecule is CNC1(C(=O)OC)CCCC(N2CC(C)CC2C)C1. The van der Waals surface area contributed by atoms with Crippen LogP contribution in [0, 0.1) is 5.92 Å². The van der Waals surface area contributed by atoms with E-state index in [0.717, 1.165) is 25.2 Å². The Balaban J connectivity index is 2.10. The van der Waals surface area contributed by atoms with E-state index in [9.17, 15) is 4.79 Å². The van der Waals surface area contributed by atoms with Crippen LogP contribution in [0.1, 0.15) is 46.0 Å². The number of hydrogen-bond donors (Lipinski definition) is 1. The highest BCUT2D eigenvalue weighted by Crippen LogP contribution is 2.36. The molecule has 110 valence electrons. The van der Waals surface area contributed by atoms with E-state index in [2.05, 4.69) is 24.1 Å². The third-order valence-corrected chi connectivity index (χ3v) is 5.08. The zero-order valence-electron chi connectivity index (χ0n) is 12.7. The first-order chi connectivity index (χ1) is 9.02. The Labute approximate surface area is 116 Å². The van der Waals surface area contributed by atoms with Crippen LogP contribution in [0.3, 0.4) is 0 Å². The molecular formula is C15H28N2O2. The minimum absolute atomic E-state index is 0.0976. The van der Waals surface area contributed by atoms with E-state index < -0.39 is 5.54 Å². The predicted molar refractivity (Wildman–Crippen MR) is 76.0 cm³/mol. The van der Waals surface area contributed by atoms with Gasteiger partial charge in [-0.25, -0.2) is 0 Å². The van der Waals surface area contributed by atoms with Gasteiger partial charge in [0, 0.05) is 18.6 Å². The van der Waals surface area contributed by atoms with E-state index in [0.29, 0.717) is 12.1 Å². The number of methoxy groups -OCH3 is 1. The van der Waals surface area contributed by atoms with Crippen LogP contribution in [0.2, 0.25) is 0 Å². The van der Waals surface area contributed by atoms with Gasteiger partial charge in [0.25, 0.3) is 0 Å². The van der Waals surface area contributed by atoms with Gasteiger partial charge in [0.2, 0.25) is 0 Å². The fraction of sp³-hybridized carbons (Fsp3) is 0.933. The highest BCUT2D eigenvalue weighted by Gasteiger charge is 2.45. The summed E-state index contributed by atoms with van der Waals surface area (Å²) in [5, 5.41) is 3.25. The van der Waals surface area contributed by atoms with Crippen molar-refractivity contribution >= 4 is 5.97 Å². The number of carbonyl (C=O) groups is 1. The highest BCUT2D eigenvalue weighted by atomic mass is 16.5. The molecule has 0 aromatic heterocycles. The molecule has 1 aliphatic heterocycles. The fourth-order valence-electron chi connectivity index (χ4n) is 4.08. The summed E-state index contributed by atoms with van der Waals surface area (Å²) in [6.07, 6.45) is 5.36. The van der Waals surface area contributed by atoms with E-state index in [1.807, 2.05) is 7.05 Å². The Morgan fingerprint density at radius 2 is 2.16 bits per heavy atom. The number of ether oxygens (including phenoxy) is 1. The average Bonchev–Trinajstić information content (AvgIpc) is 2.76. The molecule has 0 bridgehead atoms. The fourth-order valence-corrected chi connectivity index (χ4v) is 4.08. The third kappa shape index (κ3) is 2.79. The lowest BCUT2D eigenvalue weighted by molar-refractivity contribution is -0.151. The van der Waals surface area contributed by atoms with Gasteiger partial charge in [-0.3, -0.25) is 9.69 Å². The Hall–Kier alpha value is -0.610. The maximum absolute atomic E-state index is 12.1. The quantitative estimate of drug-likeness (QED) is 0.792. The maximum atomic E-state index is 12.1. The number of carbonyl (C=O) groups excluding carboxylic acids is 1. The molecule has 4 heteroatoms. The van der Waals surface area contributed by atoms with Crippen LogP contribution in [0.4, 0.5) is 0 Å². The summed E-state index contributed by atoms with van der Waals surface area (Å²) in [4.78, 5) is 14.7. The zero-order chi connectivity index (χ0) is 14.0. The van der Waals surface area contributed by atoms with Crippen LogP contribution >= 0.6 is 0 Å². The number of likely N-dealkylation sites (N-methyl/N-ethyl adjacent to an activating group) is 1. The molecule has 1 N–H and O–H groups in total. The molecular weight excluding hydrogens is 240 g/mol. The van der Waals surface area contributed by atoms with E-state index in [1.165, 1.54) is 26.5 Å². The van der Waals surface area contributed by atoms with Gasteiger partial charge in [-0.1, -0.05) is 6.92 Å². The van der Waals surface area contributed by atoms with Crippen LogP contribution in [0.15, 0.2) is 0 Å². The minimum atomic E-state index is -0.469. The molecule has 0 aromatic rings. The zero-order valence-corrected chi connectivity index (χ0v) is 12.7. The van der Waals surface area contributed by atoms with E-state index in [4.69, 9.17) is 4.74 Å². The van der Waals surface area contributed by atoms with E-state index >= 15 is 0 Å². The summed E-state index contributed by atoms with van der Waals surface area (Å²) in [6, 6.07) is 1.16. The van der Waals surface area contributed by atoms with Gasteiger partial charge in [0.1, 0.15) is 5.54 Å². The number of nitrogens with zero attached hydrogens (tertiary/aromatic N) is 1. The molecule has 1 saturated carbocycles. The third-order valence-electron chi connectivity index (χ3n) is 5.08. The Bertz CT molecular complexity index is 334. The average molecular weight is 268 g/mol. The molecule has 4 unspecified atom stereocenters. The molecule has 0 amide bonds. The molecule has 4 atom stereocenters. The molecule has 4 nitrogen and oxygen atoms in total. The Morgan fingerprint density at radius 3 is 2.68 bits per heavy atom. The lowest BCUT2D eigenvalue weighted by atomic mass is 9.78. The van der Waals surface area contributed by atoms with Crippen LogP contribution in [0.25, 0.3) is 0 Å². The monoisotopic (exact) mass is 268 g/mol. The van der Waals surface area contributed by atoms with Gasteiger partial charge < -0.3 is 10.1 Å². The van der Waals surface area contributed by atoms with Crippen molar-refractivity contribution in [3.05, 3.63) is 0 Å². The summed E-state index contributed by atoms with van der Waals surface area (Å²) in [7, 11) is 3.38. The van der Waals surface area contributed by atoms with Crippen molar-refractivity contribution in [1.29, 1.82) is 0 Å². The largest absolute Gasteiger partial charge is 0.468 e. The Kier molecular flexibility index (Phi) is 4.51. The second-order valence-corrected chi connectivity index (χ2v) is 6.46. The second-order valence-electron chi connectivity index (χ2n) is 6.46. The first-order valence-corrected chi connectivity index (χ1v) is 7.55. The molecule has 1 aliphatic carbocycles. The van der Waals surface area contributed by atoms with Crippen molar-refractivity contribution in [3.63, 3.8) is 0 Å². The first kappa shape index (κ1) is 14.8. The minimum Gasteiger partial charge on any atom is -0.468 e. The first-order valence-electron chi connectivity index (χ1n) is 7.55. The van der Waals surface area contributed by atoms with Gasteiger partial charge in [-0.05, 0) is 52.0 Å². The normalized spacial score (nSPS) is 40.3. The van der Waals surface area contributed by atoms with Crippen LogP contribution in [-0.2, 0) is 9.53 Å². The molecule has 2 rings (SSSR count). The highest BCUT2D eigenvalue weighted by molar-refractivity contribution is 5.81. The lowest BCUT2D eigenvalue weighted by Gasteiger charge is -2.43. The lowest BCUT2D eigenvalue weighted by Crippen LogP contribution is -2.58. The molecule has 19 heavy (non-hydrogen) atoms. The summed E-state index contributed by atoms with van der Waals surface area (Å²) in [6.45, 7) is 5.81. The summed E-state index contributed by atoms with van der Waals surface area (Å²) >= 11 is 0. The van der Waals surface area contributed by atoms with Crippen LogP contribution in [0.5, 0.6) is 0 Å². The number of nitrogens with one attached hydrogen (secondary N) is 1.